The molecule has 7 nitrogen and oxygen atoms in total. The van der Waals surface area contributed by atoms with Crippen LogP contribution in [0.4, 0.5) is 5.69 Å². The van der Waals surface area contributed by atoms with E-state index in [1.165, 1.54) is 11.1 Å². The lowest BCUT2D eigenvalue weighted by Gasteiger charge is -2.11. The minimum Gasteiger partial charge on any atom is -0.484 e. The first-order valence-electron chi connectivity index (χ1n) is 6.29. The number of likely N-dealkylation sites (N-methyl/N-ethyl adjacent to an activating group) is 1. The lowest BCUT2D eigenvalue weighted by molar-refractivity contribution is -0.130. The van der Waals surface area contributed by atoms with E-state index in [9.17, 15) is 9.59 Å². The maximum absolute atomic E-state index is 12.0. The average Bonchev–Trinajstić information content (AvgIpc) is 2.97. The van der Waals surface area contributed by atoms with E-state index in [1.807, 2.05) is 0 Å². The number of nitrogens with zero attached hydrogens (tertiary/aromatic N) is 2. The van der Waals surface area contributed by atoms with Crippen molar-refractivity contribution in [1.82, 2.24) is 15.1 Å². The summed E-state index contributed by atoms with van der Waals surface area (Å²) in [5.41, 5.74) is 1.01. The maximum atomic E-state index is 12.0. The van der Waals surface area contributed by atoms with Gasteiger partial charge in [0.15, 0.2) is 6.61 Å². The number of amides is 2. The van der Waals surface area contributed by atoms with E-state index in [0.717, 1.165) is 0 Å². The molecule has 0 aliphatic heterocycles. The Labute approximate surface area is 121 Å². The lowest BCUT2D eigenvalue weighted by Crippen LogP contribution is -2.27. The van der Waals surface area contributed by atoms with Gasteiger partial charge in [-0.3, -0.25) is 14.7 Å². The second-order valence-electron chi connectivity index (χ2n) is 4.55. The lowest BCUT2D eigenvalue weighted by atomic mass is 10.2. The molecule has 0 aliphatic carbocycles. The Morgan fingerprint density at radius 3 is 2.86 bits per heavy atom. The SMILES string of the molecule is CN(C)C(=O)COc1cccc(C(=O)Nc2cn[nH]c2)c1. The number of ether oxygens (including phenoxy) is 1. The average molecular weight is 288 g/mol. The van der Waals surface area contributed by atoms with Gasteiger partial charge in [0.05, 0.1) is 11.9 Å². The van der Waals surface area contributed by atoms with Gasteiger partial charge in [-0.2, -0.15) is 5.10 Å². The van der Waals surface area contributed by atoms with Crippen LogP contribution in [0.5, 0.6) is 5.75 Å². The van der Waals surface area contributed by atoms with Gasteiger partial charge in [-0.1, -0.05) is 6.07 Å². The summed E-state index contributed by atoms with van der Waals surface area (Å²) >= 11 is 0. The summed E-state index contributed by atoms with van der Waals surface area (Å²) in [6.45, 7) is -0.0696. The molecular formula is C14H16N4O3. The van der Waals surface area contributed by atoms with Crippen molar-refractivity contribution in [3.05, 3.63) is 42.2 Å². The van der Waals surface area contributed by atoms with Crippen molar-refractivity contribution in [2.24, 2.45) is 0 Å². The summed E-state index contributed by atoms with van der Waals surface area (Å²) in [5.74, 6) is 0.0362. The largest absolute Gasteiger partial charge is 0.484 e. The molecule has 2 amide bonds. The number of hydrogen-bond donors (Lipinski definition) is 2. The smallest absolute Gasteiger partial charge is 0.259 e. The fraction of sp³-hybridized carbons (Fsp3) is 0.214. The molecule has 2 rings (SSSR count). The highest BCUT2D eigenvalue weighted by Crippen LogP contribution is 2.15. The normalized spacial score (nSPS) is 10.0. The van der Waals surface area contributed by atoms with E-state index >= 15 is 0 Å². The van der Waals surface area contributed by atoms with Crippen molar-refractivity contribution in [3.63, 3.8) is 0 Å². The van der Waals surface area contributed by atoms with E-state index in [4.69, 9.17) is 4.74 Å². The zero-order valence-corrected chi connectivity index (χ0v) is 11.8. The number of nitrogens with one attached hydrogen (secondary N) is 2. The first-order chi connectivity index (χ1) is 10.1. The Hall–Kier alpha value is -2.83. The molecule has 0 bridgehead atoms. The number of aromatic amines is 1. The van der Waals surface area contributed by atoms with Crippen molar-refractivity contribution >= 4 is 17.5 Å². The monoisotopic (exact) mass is 288 g/mol. The molecule has 2 aromatic rings. The van der Waals surface area contributed by atoms with Crippen molar-refractivity contribution in [1.29, 1.82) is 0 Å². The van der Waals surface area contributed by atoms with E-state index in [2.05, 4.69) is 15.5 Å². The van der Waals surface area contributed by atoms with Crippen LogP contribution in [-0.4, -0.2) is 47.6 Å². The molecule has 0 aliphatic rings. The molecule has 0 unspecified atom stereocenters. The Bertz CT molecular complexity index is 623. The number of aromatic nitrogens is 2. The standard InChI is InChI=1S/C14H16N4O3/c1-18(2)13(19)9-21-12-5-3-4-10(6-12)14(20)17-11-7-15-16-8-11/h3-8H,9H2,1-2H3,(H,15,16)(H,17,20). The zero-order chi connectivity index (χ0) is 15.2. The number of benzene rings is 1. The quantitative estimate of drug-likeness (QED) is 0.863. The number of hydrogen-bond acceptors (Lipinski definition) is 4. The van der Waals surface area contributed by atoms with Crippen molar-refractivity contribution in [3.8, 4) is 5.75 Å². The highest BCUT2D eigenvalue weighted by molar-refractivity contribution is 6.04. The summed E-state index contributed by atoms with van der Waals surface area (Å²) in [7, 11) is 3.31. The van der Waals surface area contributed by atoms with Gasteiger partial charge in [-0.25, -0.2) is 0 Å². The molecule has 0 atom stereocenters. The van der Waals surface area contributed by atoms with Crippen LogP contribution in [0.1, 0.15) is 10.4 Å². The highest BCUT2D eigenvalue weighted by Gasteiger charge is 2.09. The molecule has 0 fully saturated rings. The molecule has 2 N–H and O–H groups in total. The van der Waals surface area contributed by atoms with Crippen LogP contribution in [0.3, 0.4) is 0 Å². The van der Waals surface area contributed by atoms with Crippen LogP contribution in [0.2, 0.25) is 0 Å². The summed E-state index contributed by atoms with van der Waals surface area (Å²) in [6.07, 6.45) is 3.09. The fourth-order valence-corrected chi connectivity index (χ4v) is 1.52. The van der Waals surface area contributed by atoms with Gasteiger partial charge in [0.2, 0.25) is 0 Å². The van der Waals surface area contributed by atoms with E-state index in [1.54, 1.807) is 44.6 Å². The molecular weight excluding hydrogens is 272 g/mol. The second kappa shape index (κ2) is 6.56. The van der Waals surface area contributed by atoms with Crippen LogP contribution < -0.4 is 10.1 Å². The number of carbonyl (C=O) groups excluding carboxylic acids is 2. The molecule has 1 aromatic carbocycles. The van der Waals surface area contributed by atoms with Crippen LogP contribution in [0.15, 0.2) is 36.7 Å². The Kier molecular flexibility index (Phi) is 4.55. The van der Waals surface area contributed by atoms with Gasteiger partial charge < -0.3 is 15.0 Å². The number of H-pyrrole nitrogens is 1. The molecule has 110 valence electrons. The molecule has 7 heteroatoms. The molecule has 0 spiro atoms. The van der Waals surface area contributed by atoms with E-state index in [0.29, 0.717) is 17.0 Å². The second-order valence-corrected chi connectivity index (χ2v) is 4.55. The number of rotatable bonds is 5. The van der Waals surface area contributed by atoms with Gasteiger partial charge in [0.1, 0.15) is 5.75 Å². The molecule has 0 radical (unpaired) electrons. The first kappa shape index (κ1) is 14.6. The first-order valence-corrected chi connectivity index (χ1v) is 6.29. The maximum Gasteiger partial charge on any atom is 0.259 e. The third-order valence-electron chi connectivity index (χ3n) is 2.71. The van der Waals surface area contributed by atoms with Gasteiger partial charge in [-0.15, -0.1) is 0 Å². The van der Waals surface area contributed by atoms with Crippen LogP contribution in [0.25, 0.3) is 0 Å². The third-order valence-corrected chi connectivity index (χ3v) is 2.71. The summed E-state index contributed by atoms with van der Waals surface area (Å²) < 4.78 is 5.37. The Morgan fingerprint density at radius 2 is 2.19 bits per heavy atom. The molecule has 0 saturated carbocycles. The van der Waals surface area contributed by atoms with E-state index < -0.39 is 0 Å². The number of carbonyl (C=O) groups is 2. The van der Waals surface area contributed by atoms with Gasteiger partial charge in [0, 0.05) is 25.9 Å². The van der Waals surface area contributed by atoms with Crippen molar-refractivity contribution in [2.75, 3.05) is 26.0 Å². The van der Waals surface area contributed by atoms with Crippen LogP contribution >= 0.6 is 0 Å². The highest BCUT2D eigenvalue weighted by atomic mass is 16.5. The fourth-order valence-electron chi connectivity index (χ4n) is 1.52. The Morgan fingerprint density at radius 1 is 1.38 bits per heavy atom. The van der Waals surface area contributed by atoms with Gasteiger partial charge >= 0.3 is 0 Å². The molecule has 1 heterocycles. The van der Waals surface area contributed by atoms with Crippen LogP contribution in [0, 0.1) is 0 Å². The minimum atomic E-state index is -0.277. The topological polar surface area (TPSA) is 87.3 Å². The summed E-state index contributed by atoms with van der Waals surface area (Å²) in [4.78, 5) is 24.9. The third kappa shape index (κ3) is 4.07. The van der Waals surface area contributed by atoms with Gasteiger partial charge in [-0.05, 0) is 18.2 Å². The van der Waals surface area contributed by atoms with E-state index in [-0.39, 0.29) is 18.4 Å². The van der Waals surface area contributed by atoms with Crippen LogP contribution in [-0.2, 0) is 4.79 Å². The number of anilines is 1. The van der Waals surface area contributed by atoms with Gasteiger partial charge in [0.25, 0.3) is 11.8 Å². The molecule has 21 heavy (non-hydrogen) atoms. The molecule has 0 saturated heterocycles. The Balaban J connectivity index is 2.00. The van der Waals surface area contributed by atoms with Crippen molar-refractivity contribution < 1.29 is 14.3 Å². The van der Waals surface area contributed by atoms with Crippen molar-refractivity contribution in [2.45, 2.75) is 0 Å². The predicted molar refractivity (Wildman–Crippen MR) is 77.2 cm³/mol. The molecule has 1 aromatic heterocycles. The minimum absolute atomic E-state index is 0.0696. The predicted octanol–water partition coefficient (Wildman–Crippen LogP) is 1.13. The summed E-state index contributed by atoms with van der Waals surface area (Å²) in [6, 6.07) is 6.63. The summed E-state index contributed by atoms with van der Waals surface area (Å²) in [5, 5.41) is 9.04. The zero-order valence-electron chi connectivity index (χ0n) is 11.8.